The molecule has 5 rings (SSSR count). The summed E-state index contributed by atoms with van der Waals surface area (Å²) in [4.78, 5) is 62.8. The van der Waals surface area contributed by atoms with Crippen molar-refractivity contribution in [1.82, 2.24) is 35.3 Å². The number of imidazole rings is 1. The van der Waals surface area contributed by atoms with Gasteiger partial charge in [-0.05, 0) is 122 Å². The second kappa shape index (κ2) is 23.6. The first-order valence-electron chi connectivity index (χ1n) is 22.8. The maximum Gasteiger partial charge on any atom is 0.389 e. The largest absolute Gasteiger partial charge is 0.469 e. The quantitative estimate of drug-likeness (QED) is 0.0737. The minimum absolute atomic E-state index is 0.0937. The third-order valence-corrected chi connectivity index (χ3v) is 12.2. The van der Waals surface area contributed by atoms with Crippen molar-refractivity contribution >= 4 is 46.9 Å². The lowest BCUT2D eigenvalue weighted by Crippen LogP contribution is -2.66. The molecule has 3 N–H and O–H groups in total. The highest BCUT2D eigenvalue weighted by molar-refractivity contribution is 6.31. The molecule has 0 saturated carbocycles. The third kappa shape index (κ3) is 16.2. The Balaban J connectivity index is 1.34. The van der Waals surface area contributed by atoms with Gasteiger partial charge < -0.3 is 44.5 Å². The Hall–Kier alpha value is -5.20. The number of rotatable bonds is 20. The molecule has 0 unspecified atom stereocenters. The van der Waals surface area contributed by atoms with E-state index in [4.69, 9.17) is 32.7 Å². The molecular formula is C50H64Cl2F3N7O7. The van der Waals surface area contributed by atoms with Crippen molar-refractivity contribution in [3.63, 3.8) is 0 Å². The number of benzene rings is 3. The van der Waals surface area contributed by atoms with E-state index in [0.717, 1.165) is 29.8 Å². The summed E-state index contributed by atoms with van der Waals surface area (Å²) < 4.78 is 60.5. The number of nitrogens with zero attached hydrogens (tertiary/aromatic N) is 4. The number of carbonyl (C=O) groups excluding carboxylic acids is 4. The van der Waals surface area contributed by atoms with Crippen LogP contribution in [0.15, 0.2) is 72.9 Å². The van der Waals surface area contributed by atoms with Crippen LogP contribution in [0, 0.1) is 5.92 Å². The number of piperidine rings is 1. The summed E-state index contributed by atoms with van der Waals surface area (Å²) in [6.45, 7) is 9.53. The molecule has 1 aliphatic rings. The van der Waals surface area contributed by atoms with E-state index in [0.29, 0.717) is 46.5 Å². The Labute approximate surface area is 412 Å². The molecule has 0 bridgehead atoms. The topological polar surface area (TPSA) is 156 Å². The standard InChI is InChI=1S/C50H64Cl2F3N7O7/c1-31(56-27-35-13-18-38(52)24-41(35)68-39-19-14-34(15-20-39)40-28-57-42(61(40)8)29-60(6)7)45(64)58-44(32(2)69-48(3,4)5)46(65)59-49(25-33-11-16-37(51)17-12-33)21-10-22-62(30-49)47(66)36(23-43(63)67-9)26-50(53,54)55/h11-20,24,28,31-32,36,44,56H,10,21-23,25-27,29-30H2,1-9H3,(H,58,64)(H,59,65)/t31-,32+,36+,44+,49-/m1/s1. The first-order valence-corrected chi connectivity index (χ1v) is 23.5. The molecule has 3 aromatic carbocycles. The van der Waals surface area contributed by atoms with Crippen LogP contribution in [0.25, 0.3) is 11.3 Å². The minimum Gasteiger partial charge on any atom is -0.469 e. The van der Waals surface area contributed by atoms with E-state index in [1.165, 1.54) is 4.90 Å². The summed E-state index contributed by atoms with van der Waals surface area (Å²) in [5.74, 6) is -2.77. The predicted octanol–water partition coefficient (Wildman–Crippen LogP) is 8.27. The molecular weight excluding hydrogens is 938 g/mol. The molecule has 1 aromatic heterocycles. The van der Waals surface area contributed by atoms with Gasteiger partial charge in [-0.1, -0.05) is 41.4 Å². The van der Waals surface area contributed by atoms with Crippen molar-refractivity contribution in [2.24, 2.45) is 13.0 Å². The SMILES string of the molecule is COC(=O)C[C@@H](CC(F)(F)F)C(=O)N1CCC[C@](Cc2ccc(Cl)cc2)(NC(=O)[C@@H](NC(=O)[C@@H](C)NCc2ccc(Cl)cc2Oc2ccc(-c3cnc(CN(C)C)n3C)cc2)[C@H](C)OC(C)(C)C)C1. The number of ether oxygens (including phenoxy) is 3. The highest BCUT2D eigenvalue weighted by Crippen LogP contribution is 2.34. The van der Waals surface area contributed by atoms with E-state index in [1.54, 1.807) is 56.3 Å². The summed E-state index contributed by atoms with van der Waals surface area (Å²) in [6, 6.07) is 17.5. The fourth-order valence-electron chi connectivity index (χ4n) is 8.40. The lowest BCUT2D eigenvalue weighted by atomic mass is 9.82. The number of hydrogen-bond donors (Lipinski definition) is 3. The lowest BCUT2D eigenvalue weighted by Gasteiger charge is -2.45. The number of carbonyl (C=O) groups is 4. The first kappa shape index (κ1) is 54.7. The van der Waals surface area contributed by atoms with Crippen LogP contribution in [-0.4, -0.2) is 113 Å². The van der Waals surface area contributed by atoms with E-state index in [9.17, 15) is 32.3 Å². The molecule has 5 atom stereocenters. The van der Waals surface area contributed by atoms with E-state index < -0.39 is 78.0 Å². The summed E-state index contributed by atoms with van der Waals surface area (Å²) in [6.07, 6.45) is -5.27. The number of amides is 3. The average molecular weight is 1000 g/mol. The van der Waals surface area contributed by atoms with Gasteiger partial charge in [0.05, 0.1) is 67.6 Å². The number of esters is 1. The number of nitrogens with one attached hydrogen (secondary N) is 3. The molecule has 69 heavy (non-hydrogen) atoms. The number of aromatic nitrogens is 2. The molecule has 376 valence electrons. The molecule has 0 radical (unpaired) electrons. The maximum atomic E-state index is 14.7. The molecule has 1 saturated heterocycles. The van der Waals surface area contributed by atoms with E-state index in [1.807, 2.05) is 76.9 Å². The number of alkyl halides is 3. The first-order chi connectivity index (χ1) is 32.3. The summed E-state index contributed by atoms with van der Waals surface area (Å²) in [5.41, 5.74) is 1.38. The van der Waals surface area contributed by atoms with Crippen LogP contribution < -0.4 is 20.7 Å². The van der Waals surface area contributed by atoms with Gasteiger partial charge in [-0.2, -0.15) is 13.2 Å². The normalized spacial score (nSPS) is 17.2. The van der Waals surface area contributed by atoms with Gasteiger partial charge in [0.15, 0.2) is 0 Å². The molecule has 1 aliphatic heterocycles. The molecule has 4 aromatic rings. The zero-order valence-electron chi connectivity index (χ0n) is 40.6. The number of hydrogen-bond acceptors (Lipinski definition) is 10. The van der Waals surface area contributed by atoms with Gasteiger partial charge in [-0.25, -0.2) is 4.98 Å². The van der Waals surface area contributed by atoms with Crippen molar-refractivity contribution in [2.75, 3.05) is 34.3 Å². The van der Waals surface area contributed by atoms with Crippen molar-refractivity contribution in [3.8, 4) is 22.8 Å². The van der Waals surface area contributed by atoms with Crippen LogP contribution in [0.1, 0.15) is 77.3 Å². The second-order valence-corrected chi connectivity index (χ2v) is 19.9. The van der Waals surface area contributed by atoms with Gasteiger partial charge in [-0.3, -0.25) is 19.2 Å². The van der Waals surface area contributed by atoms with Crippen LogP contribution in [0.3, 0.4) is 0 Å². The summed E-state index contributed by atoms with van der Waals surface area (Å²) >= 11 is 12.6. The molecule has 3 amide bonds. The lowest BCUT2D eigenvalue weighted by molar-refractivity contribution is -0.165. The smallest absolute Gasteiger partial charge is 0.389 e. The van der Waals surface area contributed by atoms with Crippen molar-refractivity contribution < 1.29 is 46.6 Å². The molecule has 0 spiro atoms. The van der Waals surface area contributed by atoms with Crippen LogP contribution in [0.2, 0.25) is 10.0 Å². The highest BCUT2D eigenvalue weighted by atomic mass is 35.5. The van der Waals surface area contributed by atoms with E-state index in [-0.39, 0.29) is 26.1 Å². The molecule has 0 aliphatic carbocycles. The Morgan fingerprint density at radius 3 is 2.23 bits per heavy atom. The number of halogens is 5. The van der Waals surface area contributed by atoms with Crippen LogP contribution in [0.4, 0.5) is 13.2 Å². The van der Waals surface area contributed by atoms with E-state index in [2.05, 4.69) is 30.6 Å². The van der Waals surface area contributed by atoms with Gasteiger partial charge >= 0.3 is 12.1 Å². The Morgan fingerprint density at radius 1 is 0.942 bits per heavy atom. The van der Waals surface area contributed by atoms with Crippen molar-refractivity contribution in [3.05, 3.63) is 99.9 Å². The van der Waals surface area contributed by atoms with Gasteiger partial charge in [0.25, 0.3) is 0 Å². The molecule has 2 heterocycles. The fraction of sp³-hybridized carbons (Fsp3) is 0.500. The predicted molar refractivity (Wildman–Crippen MR) is 259 cm³/mol. The Kier molecular flexibility index (Phi) is 18.7. The van der Waals surface area contributed by atoms with Crippen molar-refractivity contribution in [1.29, 1.82) is 0 Å². The van der Waals surface area contributed by atoms with Crippen LogP contribution in [-0.2, 0) is 55.2 Å². The Bertz CT molecular complexity index is 2390. The summed E-state index contributed by atoms with van der Waals surface area (Å²) in [7, 11) is 7.00. The average Bonchev–Trinajstić information content (AvgIpc) is 3.62. The van der Waals surface area contributed by atoms with Gasteiger partial charge in [-0.15, -0.1) is 0 Å². The van der Waals surface area contributed by atoms with E-state index >= 15 is 0 Å². The van der Waals surface area contributed by atoms with Crippen LogP contribution >= 0.6 is 23.2 Å². The maximum absolute atomic E-state index is 14.7. The Morgan fingerprint density at radius 2 is 1.61 bits per heavy atom. The van der Waals surface area contributed by atoms with Gasteiger partial charge in [0, 0.05) is 47.9 Å². The van der Waals surface area contributed by atoms with Gasteiger partial charge in [0.2, 0.25) is 17.7 Å². The number of methoxy groups -OCH3 is 1. The minimum atomic E-state index is -4.74. The zero-order chi connectivity index (χ0) is 50.8. The fourth-order valence-corrected chi connectivity index (χ4v) is 8.69. The third-order valence-electron chi connectivity index (χ3n) is 11.7. The molecule has 14 nitrogen and oxygen atoms in total. The monoisotopic (exact) mass is 1000 g/mol. The molecule has 19 heteroatoms. The highest BCUT2D eigenvalue weighted by Gasteiger charge is 2.45. The number of likely N-dealkylation sites (tertiary alicyclic amines) is 1. The second-order valence-electron chi connectivity index (χ2n) is 19.0. The zero-order valence-corrected chi connectivity index (χ0v) is 42.1. The van der Waals surface area contributed by atoms with Gasteiger partial charge in [0.1, 0.15) is 23.4 Å². The molecule has 1 fully saturated rings. The van der Waals surface area contributed by atoms with Crippen LogP contribution in [0.5, 0.6) is 11.5 Å². The summed E-state index contributed by atoms with van der Waals surface area (Å²) in [5, 5.41) is 10.1. The van der Waals surface area contributed by atoms with Crippen molar-refractivity contribution in [2.45, 2.75) is 115 Å².